The average molecular weight is 430 g/mol. The fraction of sp³-hybridized carbons (Fsp3) is 0.231. The van der Waals surface area contributed by atoms with Crippen LogP contribution in [0.25, 0.3) is 5.69 Å². The first-order valence-electron chi connectivity index (χ1n) is 10.6. The molecule has 1 unspecified atom stereocenters. The third-order valence-corrected chi connectivity index (χ3v) is 5.77. The zero-order chi connectivity index (χ0) is 22.7. The van der Waals surface area contributed by atoms with Crippen LogP contribution in [-0.4, -0.2) is 15.6 Å². The van der Waals surface area contributed by atoms with Gasteiger partial charge in [-0.05, 0) is 74.7 Å². The van der Waals surface area contributed by atoms with Crippen molar-refractivity contribution in [2.75, 3.05) is 0 Å². The fourth-order valence-corrected chi connectivity index (χ4v) is 3.56. The van der Waals surface area contributed by atoms with Crippen LogP contribution in [0.5, 0.6) is 5.75 Å². The predicted molar refractivity (Wildman–Crippen MR) is 123 cm³/mol. The summed E-state index contributed by atoms with van der Waals surface area (Å²) in [6.07, 6.45) is 3.99. The summed E-state index contributed by atoms with van der Waals surface area (Å²) in [6.45, 7) is 8.00. The van der Waals surface area contributed by atoms with Crippen molar-refractivity contribution < 1.29 is 14.1 Å². The van der Waals surface area contributed by atoms with E-state index in [1.807, 2.05) is 92.3 Å². The number of aryl methyl sites for hydroxylation is 2. The van der Waals surface area contributed by atoms with Gasteiger partial charge in [0.25, 0.3) is 5.91 Å². The van der Waals surface area contributed by atoms with Crippen LogP contribution in [0.4, 0.5) is 0 Å². The normalized spacial score (nSPS) is 11.9. The summed E-state index contributed by atoms with van der Waals surface area (Å²) < 4.78 is 13.3. The second-order valence-corrected chi connectivity index (χ2v) is 7.93. The van der Waals surface area contributed by atoms with Gasteiger partial charge in [-0.15, -0.1) is 0 Å². The van der Waals surface area contributed by atoms with Crippen molar-refractivity contribution >= 4 is 5.91 Å². The zero-order valence-electron chi connectivity index (χ0n) is 18.8. The third-order valence-electron chi connectivity index (χ3n) is 5.77. The number of ether oxygens (including phenoxy) is 1. The highest BCUT2D eigenvalue weighted by molar-refractivity contribution is 5.94. The number of aromatic nitrogens is 2. The predicted octanol–water partition coefficient (Wildman–Crippen LogP) is 5.46. The molecule has 2 heterocycles. The highest BCUT2D eigenvalue weighted by Crippen LogP contribution is 2.24. The third kappa shape index (κ3) is 4.44. The SMILES string of the molecule is Cc1cccc(OCc2c(C(=O)NC(C)c3ccc(-n4cccc4)cc3)noc2C)c1C. The Hall–Kier alpha value is -3.80. The van der Waals surface area contributed by atoms with Crippen LogP contribution < -0.4 is 10.1 Å². The molecule has 2 aromatic heterocycles. The number of rotatable bonds is 7. The van der Waals surface area contributed by atoms with E-state index in [0.717, 1.165) is 28.1 Å². The first-order chi connectivity index (χ1) is 15.4. The van der Waals surface area contributed by atoms with Gasteiger partial charge in [0, 0.05) is 18.1 Å². The number of nitrogens with one attached hydrogen (secondary N) is 1. The number of amides is 1. The van der Waals surface area contributed by atoms with E-state index in [-0.39, 0.29) is 24.2 Å². The maximum absolute atomic E-state index is 13.0. The molecule has 0 aliphatic carbocycles. The van der Waals surface area contributed by atoms with Crippen molar-refractivity contribution in [3.63, 3.8) is 0 Å². The second-order valence-electron chi connectivity index (χ2n) is 7.93. The minimum absolute atomic E-state index is 0.189. The first-order valence-corrected chi connectivity index (χ1v) is 10.6. The second kappa shape index (κ2) is 9.14. The van der Waals surface area contributed by atoms with E-state index < -0.39 is 0 Å². The zero-order valence-corrected chi connectivity index (χ0v) is 18.8. The molecule has 0 aliphatic rings. The Bertz CT molecular complexity index is 1210. The summed E-state index contributed by atoms with van der Waals surface area (Å²) in [5.74, 6) is 1.07. The molecule has 1 N–H and O–H groups in total. The molecule has 0 saturated heterocycles. The van der Waals surface area contributed by atoms with Crippen LogP contribution in [-0.2, 0) is 6.61 Å². The lowest BCUT2D eigenvalue weighted by molar-refractivity contribution is 0.0928. The maximum atomic E-state index is 13.0. The molecule has 1 amide bonds. The molecule has 6 nitrogen and oxygen atoms in total. The molecule has 0 radical (unpaired) electrons. The van der Waals surface area contributed by atoms with Crippen molar-refractivity contribution in [2.24, 2.45) is 0 Å². The Morgan fingerprint density at radius 1 is 1.06 bits per heavy atom. The minimum atomic E-state index is -0.289. The van der Waals surface area contributed by atoms with Crippen molar-refractivity contribution in [1.29, 1.82) is 0 Å². The molecule has 1 atom stereocenters. The van der Waals surface area contributed by atoms with Crippen LogP contribution in [0.3, 0.4) is 0 Å². The van der Waals surface area contributed by atoms with Crippen molar-refractivity contribution in [3.05, 3.63) is 101 Å². The van der Waals surface area contributed by atoms with E-state index in [1.165, 1.54) is 0 Å². The summed E-state index contributed by atoms with van der Waals surface area (Å²) in [4.78, 5) is 13.0. The van der Waals surface area contributed by atoms with Crippen molar-refractivity contribution in [1.82, 2.24) is 15.0 Å². The van der Waals surface area contributed by atoms with Gasteiger partial charge < -0.3 is 19.1 Å². The molecule has 6 heteroatoms. The molecule has 164 valence electrons. The smallest absolute Gasteiger partial charge is 0.274 e. The van der Waals surface area contributed by atoms with E-state index in [4.69, 9.17) is 9.26 Å². The average Bonchev–Trinajstić information content (AvgIpc) is 3.45. The largest absolute Gasteiger partial charge is 0.488 e. The van der Waals surface area contributed by atoms with Crippen LogP contribution in [0.1, 0.15) is 51.5 Å². The Labute approximate surface area is 187 Å². The number of hydrogen-bond donors (Lipinski definition) is 1. The van der Waals surface area contributed by atoms with Crippen LogP contribution in [0.15, 0.2) is 71.5 Å². The van der Waals surface area contributed by atoms with Gasteiger partial charge in [0.1, 0.15) is 18.1 Å². The van der Waals surface area contributed by atoms with E-state index in [1.54, 1.807) is 6.92 Å². The number of hydrogen-bond acceptors (Lipinski definition) is 4. The summed E-state index contributed by atoms with van der Waals surface area (Å²) in [6, 6.07) is 17.8. The maximum Gasteiger partial charge on any atom is 0.274 e. The Kier molecular flexibility index (Phi) is 6.12. The summed E-state index contributed by atoms with van der Waals surface area (Å²) in [5, 5.41) is 7.01. The summed E-state index contributed by atoms with van der Waals surface area (Å²) in [5.41, 5.74) is 5.20. The molecule has 4 rings (SSSR count). The van der Waals surface area contributed by atoms with E-state index in [9.17, 15) is 4.79 Å². The Morgan fingerprint density at radius 3 is 2.50 bits per heavy atom. The Balaban J connectivity index is 1.45. The fourth-order valence-electron chi connectivity index (χ4n) is 3.56. The van der Waals surface area contributed by atoms with Gasteiger partial charge >= 0.3 is 0 Å². The molecule has 0 spiro atoms. The van der Waals surface area contributed by atoms with Gasteiger partial charge in [0.2, 0.25) is 0 Å². The summed E-state index contributed by atoms with van der Waals surface area (Å²) in [7, 11) is 0. The first kappa shape index (κ1) is 21.4. The van der Waals surface area contributed by atoms with Gasteiger partial charge in [-0.25, -0.2) is 0 Å². The number of benzene rings is 2. The molecular formula is C26H27N3O3. The quantitative estimate of drug-likeness (QED) is 0.423. The van der Waals surface area contributed by atoms with Crippen LogP contribution in [0, 0.1) is 20.8 Å². The topological polar surface area (TPSA) is 69.3 Å². The number of carbonyl (C=O) groups is 1. The highest BCUT2D eigenvalue weighted by Gasteiger charge is 2.22. The molecule has 0 fully saturated rings. The lowest BCUT2D eigenvalue weighted by Crippen LogP contribution is -2.28. The van der Waals surface area contributed by atoms with E-state index in [2.05, 4.69) is 10.5 Å². The molecule has 4 aromatic rings. The lowest BCUT2D eigenvalue weighted by Gasteiger charge is -2.15. The van der Waals surface area contributed by atoms with E-state index in [0.29, 0.717) is 11.3 Å². The lowest BCUT2D eigenvalue weighted by atomic mass is 10.1. The van der Waals surface area contributed by atoms with Crippen LogP contribution in [0.2, 0.25) is 0 Å². The standard InChI is InChI=1S/C26H27N3O3/c1-17-8-7-9-24(18(17)2)31-16-23-20(4)32-28-25(23)26(30)27-19(3)21-10-12-22(13-11-21)29-14-5-6-15-29/h5-15,19H,16H2,1-4H3,(H,27,30). The highest BCUT2D eigenvalue weighted by atomic mass is 16.5. The van der Waals surface area contributed by atoms with Gasteiger partial charge in [-0.3, -0.25) is 4.79 Å². The monoisotopic (exact) mass is 429 g/mol. The molecular weight excluding hydrogens is 402 g/mol. The van der Waals surface area contributed by atoms with Gasteiger partial charge in [0.15, 0.2) is 5.69 Å². The van der Waals surface area contributed by atoms with Gasteiger partial charge in [-0.1, -0.05) is 29.4 Å². The number of nitrogens with zero attached hydrogens (tertiary/aromatic N) is 2. The van der Waals surface area contributed by atoms with Crippen molar-refractivity contribution in [2.45, 2.75) is 40.3 Å². The molecule has 2 aromatic carbocycles. The van der Waals surface area contributed by atoms with Gasteiger partial charge in [-0.2, -0.15) is 0 Å². The van der Waals surface area contributed by atoms with E-state index >= 15 is 0 Å². The van der Waals surface area contributed by atoms with Crippen molar-refractivity contribution in [3.8, 4) is 11.4 Å². The minimum Gasteiger partial charge on any atom is -0.488 e. The van der Waals surface area contributed by atoms with Crippen LogP contribution >= 0.6 is 0 Å². The Morgan fingerprint density at radius 2 is 1.78 bits per heavy atom. The molecule has 0 saturated carbocycles. The molecule has 32 heavy (non-hydrogen) atoms. The molecule has 0 aliphatic heterocycles. The summed E-state index contributed by atoms with van der Waals surface area (Å²) >= 11 is 0. The number of carbonyl (C=O) groups excluding carboxylic acids is 1. The van der Waals surface area contributed by atoms with Gasteiger partial charge in [0.05, 0.1) is 11.6 Å². The molecule has 0 bridgehead atoms.